The third kappa shape index (κ3) is 1.76. The Morgan fingerprint density at radius 3 is 3.21 bits per heavy atom. The zero-order valence-corrected chi connectivity index (χ0v) is 9.26. The molecule has 1 aromatic heterocycles. The number of rotatable bonds is 2. The first-order valence-electron chi connectivity index (χ1n) is 5.10. The lowest BCUT2D eigenvalue weighted by atomic mass is 10.1. The molecule has 0 radical (unpaired) electrons. The summed E-state index contributed by atoms with van der Waals surface area (Å²) in [7, 11) is 2.70. The third-order valence-corrected chi connectivity index (χ3v) is 3.09. The Kier molecular flexibility index (Phi) is 3.02. The van der Waals surface area contributed by atoms with Gasteiger partial charge >= 0.3 is 5.76 Å². The van der Waals surface area contributed by atoms with E-state index in [2.05, 4.69) is 14.4 Å². The fraction of sp³-hybridized carbons (Fsp3) is 0.778. The lowest BCUT2D eigenvalue weighted by Crippen LogP contribution is -2.22. The van der Waals surface area contributed by atoms with Crippen molar-refractivity contribution in [2.75, 3.05) is 6.16 Å². The van der Waals surface area contributed by atoms with E-state index < -0.39 is 0 Å². The van der Waals surface area contributed by atoms with Crippen LogP contribution in [-0.4, -0.2) is 15.9 Å². The van der Waals surface area contributed by atoms with E-state index in [9.17, 15) is 4.79 Å². The molecule has 0 N–H and O–H groups in total. The van der Waals surface area contributed by atoms with Crippen LogP contribution >= 0.6 is 9.24 Å². The number of hydrogen-bond acceptors (Lipinski definition) is 3. The van der Waals surface area contributed by atoms with Crippen molar-refractivity contribution in [1.82, 2.24) is 9.72 Å². The molecule has 5 heteroatoms. The van der Waals surface area contributed by atoms with Crippen LogP contribution in [0.5, 0.6) is 0 Å². The summed E-state index contributed by atoms with van der Waals surface area (Å²) in [6.45, 7) is 0. The molecule has 1 aliphatic rings. The molecular formula is C9H15N2O2P. The van der Waals surface area contributed by atoms with E-state index in [0.29, 0.717) is 6.04 Å². The van der Waals surface area contributed by atoms with Gasteiger partial charge in [-0.15, -0.1) is 9.24 Å². The maximum absolute atomic E-state index is 11.4. The van der Waals surface area contributed by atoms with Crippen LogP contribution in [0.25, 0.3) is 0 Å². The molecule has 1 aromatic rings. The van der Waals surface area contributed by atoms with Crippen molar-refractivity contribution in [2.45, 2.75) is 38.1 Å². The molecule has 0 fully saturated rings. The summed E-state index contributed by atoms with van der Waals surface area (Å²) in [6, 6.07) is 0.295. The summed E-state index contributed by atoms with van der Waals surface area (Å²) in [4.78, 5) is 11.4. The molecule has 14 heavy (non-hydrogen) atoms. The molecule has 0 saturated heterocycles. The molecular weight excluding hydrogens is 199 g/mol. The van der Waals surface area contributed by atoms with Crippen LogP contribution < -0.4 is 5.76 Å². The molecule has 2 heterocycles. The van der Waals surface area contributed by atoms with Gasteiger partial charge in [-0.3, -0.25) is 9.09 Å². The fourth-order valence-electron chi connectivity index (χ4n) is 2.07. The summed E-state index contributed by atoms with van der Waals surface area (Å²) >= 11 is 0. The predicted octanol–water partition coefficient (Wildman–Crippen LogP) is 1.37. The molecule has 2 atom stereocenters. The Morgan fingerprint density at radius 1 is 1.57 bits per heavy atom. The molecule has 0 aromatic carbocycles. The van der Waals surface area contributed by atoms with Crippen LogP contribution in [0, 0.1) is 0 Å². The first kappa shape index (κ1) is 9.91. The lowest BCUT2D eigenvalue weighted by molar-refractivity contribution is 0.350. The van der Waals surface area contributed by atoms with Crippen LogP contribution in [0.4, 0.5) is 0 Å². The second-order valence-corrected chi connectivity index (χ2v) is 4.29. The molecule has 2 rings (SSSR count). The van der Waals surface area contributed by atoms with Gasteiger partial charge in [-0.25, -0.2) is 4.79 Å². The highest BCUT2D eigenvalue weighted by Crippen LogP contribution is 2.24. The Hall–Kier alpha value is -0.630. The molecule has 0 saturated carbocycles. The number of aromatic nitrogens is 2. The van der Waals surface area contributed by atoms with Gasteiger partial charge in [-0.2, -0.15) is 0 Å². The molecule has 0 aliphatic carbocycles. The van der Waals surface area contributed by atoms with E-state index in [1.165, 1.54) is 6.42 Å². The molecule has 1 unspecified atom stereocenters. The van der Waals surface area contributed by atoms with E-state index in [-0.39, 0.29) is 5.76 Å². The zero-order chi connectivity index (χ0) is 9.97. The highest BCUT2D eigenvalue weighted by Gasteiger charge is 2.21. The highest BCUT2D eigenvalue weighted by atomic mass is 31.0. The first-order valence-corrected chi connectivity index (χ1v) is 5.91. The average molecular weight is 214 g/mol. The maximum Gasteiger partial charge on any atom is 0.441 e. The summed E-state index contributed by atoms with van der Waals surface area (Å²) < 4.78 is 6.45. The summed E-state index contributed by atoms with van der Waals surface area (Å²) in [5.74, 6) is 0.543. The second-order valence-electron chi connectivity index (χ2n) is 3.71. The van der Waals surface area contributed by atoms with Gasteiger partial charge in [0.15, 0.2) is 5.82 Å². The number of nitrogens with zero attached hydrogens (tertiary/aromatic N) is 2. The van der Waals surface area contributed by atoms with Crippen molar-refractivity contribution in [3.05, 3.63) is 16.4 Å². The third-order valence-electron chi connectivity index (χ3n) is 2.76. The molecule has 1 aliphatic heterocycles. The van der Waals surface area contributed by atoms with Crippen molar-refractivity contribution in [3.63, 3.8) is 0 Å². The molecule has 0 bridgehead atoms. The molecule has 0 spiro atoms. The van der Waals surface area contributed by atoms with Crippen molar-refractivity contribution < 1.29 is 4.52 Å². The van der Waals surface area contributed by atoms with Gasteiger partial charge < -0.3 is 0 Å². The van der Waals surface area contributed by atoms with E-state index >= 15 is 0 Å². The van der Waals surface area contributed by atoms with Crippen molar-refractivity contribution in [3.8, 4) is 0 Å². The van der Waals surface area contributed by atoms with Crippen molar-refractivity contribution >= 4 is 9.24 Å². The number of hydrogen-bond donors (Lipinski definition) is 0. The smallest absolute Gasteiger partial charge is 0.296 e. The van der Waals surface area contributed by atoms with Crippen LogP contribution in [0.1, 0.15) is 37.5 Å². The fourth-order valence-corrected chi connectivity index (χ4v) is 2.45. The standard InChI is InChI=1S/C9H15N2O2P/c12-9-11-7(5-6-14)3-1-2-4-8(11)10-13-9/h7H,1-6,14H2/t7-/m1/s1. The van der Waals surface area contributed by atoms with Gasteiger partial charge in [0.25, 0.3) is 0 Å². The SMILES string of the molecule is O=c1onc2n1[C@@H](CCP)CCCC2. The van der Waals surface area contributed by atoms with Crippen LogP contribution in [0.15, 0.2) is 9.32 Å². The van der Waals surface area contributed by atoms with Crippen molar-refractivity contribution in [1.29, 1.82) is 0 Å². The topological polar surface area (TPSA) is 48.0 Å². The summed E-state index contributed by atoms with van der Waals surface area (Å²) in [5.41, 5.74) is 0. The molecule has 78 valence electrons. The minimum Gasteiger partial charge on any atom is -0.296 e. The van der Waals surface area contributed by atoms with Crippen LogP contribution in [-0.2, 0) is 6.42 Å². The minimum absolute atomic E-state index is 0.287. The van der Waals surface area contributed by atoms with Gasteiger partial charge in [-0.05, 0) is 25.4 Å². The van der Waals surface area contributed by atoms with E-state index in [1.807, 2.05) is 0 Å². The lowest BCUT2D eigenvalue weighted by Gasteiger charge is -2.13. The zero-order valence-electron chi connectivity index (χ0n) is 8.11. The van der Waals surface area contributed by atoms with Gasteiger partial charge in [0.1, 0.15) is 0 Å². The second kappa shape index (κ2) is 4.26. The van der Waals surface area contributed by atoms with Crippen LogP contribution in [0.3, 0.4) is 0 Å². The number of aryl methyl sites for hydroxylation is 1. The highest BCUT2D eigenvalue weighted by molar-refractivity contribution is 7.16. The normalized spacial score (nSPS) is 21.6. The monoisotopic (exact) mass is 214 g/mol. The predicted molar refractivity (Wildman–Crippen MR) is 56.5 cm³/mol. The Morgan fingerprint density at radius 2 is 2.43 bits per heavy atom. The largest absolute Gasteiger partial charge is 0.441 e. The maximum atomic E-state index is 11.4. The molecule has 4 nitrogen and oxygen atoms in total. The Balaban J connectivity index is 2.35. The Labute approximate surface area is 84.9 Å². The quantitative estimate of drug-likeness (QED) is 0.698. The van der Waals surface area contributed by atoms with Gasteiger partial charge in [0, 0.05) is 12.5 Å². The van der Waals surface area contributed by atoms with Gasteiger partial charge in [0.05, 0.1) is 0 Å². The number of fused-ring (bicyclic) bond motifs is 1. The van der Waals surface area contributed by atoms with Gasteiger partial charge in [-0.1, -0.05) is 11.6 Å². The first-order chi connectivity index (χ1) is 6.83. The van der Waals surface area contributed by atoms with E-state index in [1.54, 1.807) is 4.57 Å². The van der Waals surface area contributed by atoms with Crippen LogP contribution in [0.2, 0.25) is 0 Å². The molecule has 0 amide bonds. The minimum atomic E-state index is -0.287. The average Bonchev–Trinajstić information content (AvgIpc) is 2.43. The van der Waals surface area contributed by atoms with E-state index in [4.69, 9.17) is 4.52 Å². The summed E-state index contributed by atoms with van der Waals surface area (Å²) in [6.07, 6.45) is 6.26. The summed E-state index contributed by atoms with van der Waals surface area (Å²) in [5, 5.41) is 3.82. The Bertz CT molecular complexity index is 358. The van der Waals surface area contributed by atoms with Gasteiger partial charge in [0.2, 0.25) is 0 Å². The van der Waals surface area contributed by atoms with E-state index in [0.717, 1.165) is 37.7 Å². The van der Waals surface area contributed by atoms with Crippen molar-refractivity contribution in [2.24, 2.45) is 0 Å².